The molecule has 0 heterocycles. The van der Waals surface area contributed by atoms with Crippen molar-refractivity contribution in [3.63, 3.8) is 0 Å². The smallest absolute Gasteiger partial charge is 0.404 e. The number of aryl methyl sites for hydroxylation is 1. The van der Waals surface area contributed by atoms with Crippen molar-refractivity contribution < 1.29 is 34.2 Å². The van der Waals surface area contributed by atoms with Crippen LogP contribution in [0.1, 0.15) is 16.7 Å². The van der Waals surface area contributed by atoms with Crippen LogP contribution in [0.15, 0.2) is 12.1 Å². The van der Waals surface area contributed by atoms with Crippen LogP contribution in [-0.2, 0) is 4.57 Å². The third-order valence-corrected chi connectivity index (χ3v) is 3.60. The van der Waals surface area contributed by atoms with E-state index in [4.69, 9.17) is 30.8 Å². The Morgan fingerprint density at radius 1 is 1.05 bits per heavy atom. The number of aliphatic hydroxyl groups excluding tert-OH is 3. The van der Waals surface area contributed by atoms with Crippen molar-refractivity contribution in [3.8, 4) is 5.75 Å². The van der Waals surface area contributed by atoms with Crippen LogP contribution >= 0.6 is 7.82 Å². The number of hydrogen-bond donors (Lipinski definition) is 6. The molecule has 0 aromatic heterocycles. The highest BCUT2D eigenvalue weighted by Crippen LogP contribution is 2.39. The summed E-state index contributed by atoms with van der Waals surface area (Å²) in [6, 6.07) is 3.34. The average molecular weight is 337 g/mol. The van der Waals surface area contributed by atoms with Gasteiger partial charge in [-0.15, -0.1) is 0 Å². The molecule has 22 heavy (non-hydrogen) atoms. The molecule has 7 N–H and O–H groups in total. The van der Waals surface area contributed by atoms with Crippen LogP contribution in [-0.4, -0.2) is 50.5 Å². The van der Waals surface area contributed by atoms with Crippen molar-refractivity contribution in [2.24, 2.45) is 5.73 Å². The number of hydrogen-bond acceptors (Lipinski definition) is 6. The summed E-state index contributed by atoms with van der Waals surface area (Å²) in [5.74, 6) is 0.237. The zero-order chi connectivity index (χ0) is 17.6. The maximum atomic E-state index is 10.6. The molecule has 0 unspecified atom stereocenters. The van der Waals surface area contributed by atoms with Crippen molar-refractivity contribution in [1.82, 2.24) is 0 Å². The Balaban J connectivity index is 0.000000472. The average Bonchev–Trinajstić information content (AvgIpc) is 2.46. The van der Waals surface area contributed by atoms with Gasteiger partial charge in [-0.3, -0.25) is 9.79 Å². The van der Waals surface area contributed by atoms with Crippen LogP contribution in [0.3, 0.4) is 0 Å². The maximum absolute atomic E-state index is 10.6. The zero-order valence-electron chi connectivity index (χ0n) is 12.9. The second-order valence-corrected chi connectivity index (χ2v) is 6.21. The van der Waals surface area contributed by atoms with Gasteiger partial charge < -0.3 is 25.6 Å². The summed E-state index contributed by atoms with van der Waals surface area (Å²) in [5.41, 5.74) is 6.75. The van der Waals surface area contributed by atoms with Crippen molar-refractivity contribution in [2.45, 2.75) is 26.3 Å². The minimum Gasteiger partial charge on any atom is -0.404 e. The van der Waals surface area contributed by atoms with Crippen LogP contribution < -0.4 is 10.3 Å². The van der Waals surface area contributed by atoms with Crippen molar-refractivity contribution >= 4 is 7.82 Å². The fraction of sp³-hybridized carbons (Fsp3) is 0.538. The predicted octanol–water partition coefficient (Wildman–Crippen LogP) is -0.256. The van der Waals surface area contributed by atoms with Crippen LogP contribution in [0.5, 0.6) is 5.75 Å². The van der Waals surface area contributed by atoms with Crippen LogP contribution in [0.2, 0.25) is 0 Å². The molecule has 1 rings (SSSR count). The summed E-state index contributed by atoms with van der Waals surface area (Å²) in [4.78, 5) is 17.3. The van der Waals surface area contributed by atoms with E-state index in [1.54, 1.807) is 19.1 Å². The summed E-state index contributed by atoms with van der Waals surface area (Å²) in [7, 11) is -4.45. The molecule has 0 radical (unpaired) electrons. The van der Waals surface area contributed by atoms with Gasteiger partial charge in [0.05, 0.1) is 25.4 Å². The van der Waals surface area contributed by atoms with E-state index >= 15 is 0 Å². The SMILES string of the molecule is Cc1ccc(OP(=O)(O)O)c(C)c1C.NC(CO)(CO)CO. The number of nitrogens with two attached hydrogens (primary N) is 1. The van der Waals surface area contributed by atoms with Crippen molar-refractivity contribution in [2.75, 3.05) is 19.8 Å². The van der Waals surface area contributed by atoms with Crippen LogP contribution in [0, 0.1) is 20.8 Å². The van der Waals surface area contributed by atoms with E-state index in [1.165, 1.54) is 0 Å². The first-order valence-corrected chi connectivity index (χ1v) is 7.96. The molecule has 0 aliphatic rings. The standard InChI is InChI=1S/C9H13O4P.C4H11NO3/c1-6-4-5-9(8(3)7(6)2)13-14(10,11)12;5-4(1-6,2-7)3-8/h4-5H,1-3H3,(H2,10,11,12);6-8H,1-3,5H2. The molecule has 0 aliphatic heterocycles. The topological polar surface area (TPSA) is 153 Å². The monoisotopic (exact) mass is 337 g/mol. The predicted molar refractivity (Wildman–Crippen MR) is 81.5 cm³/mol. The Hall–Kier alpha value is -0.990. The zero-order valence-corrected chi connectivity index (χ0v) is 13.7. The number of benzene rings is 1. The molecule has 0 fully saturated rings. The minimum atomic E-state index is -4.45. The number of phosphoric acid groups is 1. The molecule has 0 atom stereocenters. The molecule has 0 saturated heterocycles. The molecule has 1 aromatic rings. The van der Waals surface area contributed by atoms with Crippen molar-refractivity contribution in [1.29, 1.82) is 0 Å². The van der Waals surface area contributed by atoms with E-state index in [1.807, 2.05) is 13.8 Å². The lowest BCUT2D eigenvalue weighted by Gasteiger charge is -2.20. The third-order valence-electron chi connectivity index (χ3n) is 3.17. The Morgan fingerprint density at radius 2 is 1.50 bits per heavy atom. The maximum Gasteiger partial charge on any atom is 0.524 e. The number of rotatable bonds is 5. The van der Waals surface area contributed by atoms with Gasteiger partial charge in [-0.1, -0.05) is 6.07 Å². The first kappa shape index (κ1) is 21.0. The summed E-state index contributed by atoms with van der Waals surface area (Å²) >= 11 is 0. The Kier molecular flexibility index (Phi) is 8.21. The Bertz CT molecular complexity index is 517. The second-order valence-electron chi connectivity index (χ2n) is 5.05. The van der Waals surface area contributed by atoms with Crippen LogP contribution in [0.4, 0.5) is 0 Å². The molecule has 1 aromatic carbocycles. The molecule has 0 bridgehead atoms. The van der Waals surface area contributed by atoms with Gasteiger partial charge in [0.15, 0.2) is 0 Å². The van der Waals surface area contributed by atoms with E-state index in [-0.39, 0.29) is 5.75 Å². The Morgan fingerprint density at radius 3 is 1.82 bits per heavy atom. The quantitative estimate of drug-likeness (QED) is 0.402. The van der Waals surface area contributed by atoms with Crippen LogP contribution in [0.25, 0.3) is 0 Å². The summed E-state index contributed by atoms with van der Waals surface area (Å²) in [5, 5.41) is 25.0. The highest BCUT2D eigenvalue weighted by atomic mass is 31.2. The fourth-order valence-electron chi connectivity index (χ4n) is 1.31. The first-order valence-electron chi connectivity index (χ1n) is 6.43. The number of phosphoric ester groups is 1. The molecule has 128 valence electrons. The fourth-order valence-corrected chi connectivity index (χ4v) is 1.76. The lowest BCUT2D eigenvalue weighted by atomic mass is 10.0. The molecule has 0 amide bonds. The first-order chi connectivity index (χ1) is 9.99. The van der Waals surface area contributed by atoms with E-state index in [2.05, 4.69) is 4.52 Å². The highest BCUT2D eigenvalue weighted by molar-refractivity contribution is 7.46. The lowest BCUT2D eigenvalue weighted by Crippen LogP contribution is -2.50. The lowest BCUT2D eigenvalue weighted by molar-refractivity contribution is 0.0697. The second kappa shape index (κ2) is 8.59. The van der Waals surface area contributed by atoms with Gasteiger partial charge in [-0.25, -0.2) is 4.57 Å². The van der Waals surface area contributed by atoms with Gasteiger partial charge in [0.1, 0.15) is 5.75 Å². The molecule has 0 aliphatic carbocycles. The summed E-state index contributed by atoms with van der Waals surface area (Å²) < 4.78 is 15.2. The normalized spacial score (nSPS) is 11.7. The van der Waals surface area contributed by atoms with Gasteiger partial charge >= 0.3 is 7.82 Å². The molecular formula is C13H24NO7P. The number of aliphatic hydroxyl groups is 3. The summed E-state index contributed by atoms with van der Waals surface area (Å²) in [6.45, 7) is 4.38. The van der Waals surface area contributed by atoms with E-state index in [9.17, 15) is 4.57 Å². The van der Waals surface area contributed by atoms with Gasteiger partial charge in [-0.2, -0.15) is 0 Å². The molecular weight excluding hydrogens is 313 g/mol. The van der Waals surface area contributed by atoms with Gasteiger partial charge in [0.25, 0.3) is 0 Å². The van der Waals surface area contributed by atoms with Gasteiger partial charge in [0.2, 0.25) is 0 Å². The minimum absolute atomic E-state index is 0.237. The van der Waals surface area contributed by atoms with Gasteiger partial charge in [-0.05, 0) is 43.5 Å². The Labute approximate surface area is 129 Å². The molecule has 8 nitrogen and oxygen atoms in total. The van der Waals surface area contributed by atoms with Crippen molar-refractivity contribution in [3.05, 3.63) is 28.8 Å². The molecule has 0 saturated carbocycles. The third kappa shape index (κ3) is 6.85. The van der Waals surface area contributed by atoms with E-state index in [0.717, 1.165) is 16.7 Å². The van der Waals surface area contributed by atoms with E-state index in [0.29, 0.717) is 0 Å². The van der Waals surface area contributed by atoms with Gasteiger partial charge in [0, 0.05) is 0 Å². The largest absolute Gasteiger partial charge is 0.524 e. The highest BCUT2D eigenvalue weighted by Gasteiger charge is 2.20. The summed E-state index contributed by atoms with van der Waals surface area (Å²) in [6.07, 6.45) is 0. The van der Waals surface area contributed by atoms with E-state index < -0.39 is 33.2 Å². The molecule has 0 spiro atoms. The molecule has 9 heteroatoms.